The van der Waals surface area contributed by atoms with Gasteiger partial charge < -0.3 is 52.1 Å². The summed E-state index contributed by atoms with van der Waals surface area (Å²) in [6.45, 7) is 20.3. The van der Waals surface area contributed by atoms with Crippen molar-refractivity contribution in [3.63, 3.8) is 0 Å². The van der Waals surface area contributed by atoms with Crippen LogP contribution in [0.25, 0.3) is 10.9 Å². The highest BCUT2D eigenvalue weighted by molar-refractivity contribution is 5.95. The number of aliphatic hydroxyl groups excluding tert-OH is 1. The minimum atomic E-state index is -1.09. The highest BCUT2D eigenvalue weighted by atomic mass is 16.3. The van der Waals surface area contributed by atoms with Crippen LogP contribution in [-0.2, 0) is 35.2 Å². The van der Waals surface area contributed by atoms with Crippen LogP contribution >= 0.6 is 0 Å². The number of benzene rings is 1. The number of para-hydroxylation sites is 1. The molecule has 3 unspecified atom stereocenters. The van der Waals surface area contributed by atoms with E-state index in [-0.39, 0.29) is 42.0 Å². The Morgan fingerprint density at radius 3 is 1.71 bits per heavy atom. The number of amides is 5. The van der Waals surface area contributed by atoms with Gasteiger partial charge in [0, 0.05) is 29.7 Å². The number of H-pyrrole nitrogens is 1. The lowest BCUT2D eigenvalue weighted by Gasteiger charge is -2.31. The number of likely N-dealkylation sites (N-methyl/N-ethyl adjacent to an activating group) is 1. The Morgan fingerprint density at radius 2 is 1.19 bits per heavy atom. The van der Waals surface area contributed by atoms with Crippen molar-refractivity contribution in [2.75, 3.05) is 13.6 Å². The van der Waals surface area contributed by atoms with Gasteiger partial charge in [0.25, 0.3) is 0 Å². The van der Waals surface area contributed by atoms with Gasteiger partial charge in [0.2, 0.25) is 29.5 Å². The number of rotatable bonds is 25. The average molecular weight is 813 g/mol. The molecule has 15 nitrogen and oxygen atoms in total. The van der Waals surface area contributed by atoms with E-state index in [0.717, 1.165) is 16.5 Å². The predicted octanol–water partition coefficient (Wildman–Crippen LogP) is 2.32. The van der Waals surface area contributed by atoms with E-state index in [1.54, 1.807) is 48.6 Å². The molecule has 0 aliphatic carbocycles. The van der Waals surface area contributed by atoms with Crippen LogP contribution in [0.2, 0.25) is 0 Å². The molecule has 326 valence electrons. The van der Waals surface area contributed by atoms with Gasteiger partial charge in [0.15, 0.2) is 0 Å². The van der Waals surface area contributed by atoms with Crippen LogP contribution in [-0.4, -0.2) is 108 Å². The van der Waals surface area contributed by atoms with E-state index in [1.165, 1.54) is 6.92 Å². The fourth-order valence-corrected chi connectivity index (χ4v) is 6.81. The Kier molecular flexibility index (Phi) is 20.5. The second kappa shape index (κ2) is 23.9. The summed E-state index contributed by atoms with van der Waals surface area (Å²) >= 11 is 0. The highest BCUT2D eigenvalue weighted by Crippen LogP contribution is 2.19. The Morgan fingerprint density at radius 1 is 0.655 bits per heavy atom. The Labute approximate surface area is 345 Å². The third kappa shape index (κ3) is 15.4. The third-order valence-corrected chi connectivity index (χ3v) is 10.2. The molecular weight excluding hydrogens is 741 g/mol. The van der Waals surface area contributed by atoms with Crippen molar-refractivity contribution in [2.45, 2.75) is 144 Å². The lowest BCUT2D eigenvalue weighted by Crippen LogP contribution is -2.61. The normalized spacial score (nSPS) is 16.0. The Hall–Kier alpha value is -4.34. The van der Waals surface area contributed by atoms with Gasteiger partial charge in [-0.25, -0.2) is 0 Å². The van der Waals surface area contributed by atoms with Crippen molar-refractivity contribution < 1.29 is 33.9 Å². The van der Waals surface area contributed by atoms with Crippen LogP contribution in [0.4, 0.5) is 0 Å². The molecule has 0 bridgehead atoms. The number of nitrogens with one attached hydrogen (secondary N) is 8. The molecule has 0 saturated carbocycles. The van der Waals surface area contributed by atoms with Crippen LogP contribution in [0.15, 0.2) is 30.5 Å². The zero-order chi connectivity index (χ0) is 43.9. The molecule has 0 radical (unpaired) electrons. The lowest BCUT2D eigenvalue weighted by molar-refractivity contribution is -0.135. The quantitative estimate of drug-likeness (QED) is 0.0671. The molecule has 1 aromatic carbocycles. The molecule has 58 heavy (non-hydrogen) atoms. The number of aromatic nitrogens is 1. The zero-order valence-corrected chi connectivity index (χ0v) is 36.7. The van der Waals surface area contributed by atoms with Crippen molar-refractivity contribution in [1.82, 2.24) is 42.2 Å². The van der Waals surface area contributed by atoms with Gasteiger partial charge in [-0.3, -0.25) is 24.0 Å². The van der Waals surface area contributed by atoms with E-state index in [1.807, 2.05) is 58.2 Å². The van der Waals surface area contributed by atoms with Crippen LogP contribution < -0.4 is 37.2 Å². The summed E-state index contributed by atoms with van der Waals surface area (Å²) in [5.41, 5.74) is 1.93. The number of hydrogen-bond acceptors (Lipinski definition) is 9. The van der Waals surface area contributed by atoms with Crippen LogP contribution in [0.5, 0.6) is 0 Å². The number of aromatic amines is 1. The van der Waals surface area contributed by atoms with Crippen molar-refractivity contribution in [2.24, 2.45) is 29.6 Å². The van der Waals surface area contributed by atoms with Gasteiger partial charge in [0.05, 0.1) is 18.2 Å². The molecule has 0 spiro atoms. The summed E-state index contributed by atoms with van der Waals surface area (Å²) in [5, 5.41) is 31.9. The van der Waals surface area contributed by atoms with Gasteiger partial charge >= 0.3 is 0 Å². The molecule has 0 aliphatic heterocycles. The topological polar surface area (TPSA) is 223 Å². The van der Waals surface area contributed by atoms with E-state index in [2.05, 4.69) is 42.2 Å². The standard InChI is InChI=1S/C43H72N8O7/c1-23(2)17-30(21-46-38(28(11)53)43(58)49-35(22-52)25(5)6)47-41(56)36(26(7)8)51-42(57)37(27(9)10)50-40(55)34(18-24(3)4)48-39(54)33(44-12)19-29-20-45-32-16-14-13-15-31(29)32/h13-16,20,22-28,30,33-38,44-46,53H,17-19,21H2,1-12H3,(H,47,56)(H,48,54)(H,49,58)(H,50,55)(H,51,57)/t28?,30-,33-,34+,35?,36?,37-,38-/m0/s1. The molecule has 8 atom stereocenters. The summed E-state index contributed by atoms with van der Waals surface area (Å²) < 4.78 is 0. The van der Waals surface area contributed by atoms with Gasteiger partial charge in [-0.05, 0) is 74.5 Å². The number of carbonyl (C=O) groups is 6. The number of fused-ring (bicyclic) bond motifs is 1. The van der Waals surface area contributed by atoms with Gasteiger partial charge in [-0.15, -0.1) is 0 Å². The molecule has 15 heteroatoms. The molecule has 0 fully saturated rings. The Bertz CT molecular complexity index is 1640. The largest absolute Gasteiger partial charge is 0.391 e. The smallest absolute Gasteiger partial charge is 0.243 e. The Balaban J connectivity index is 2.19. The second-order valence-corrected chi connectivity index (χ2v) is 17.4. The minimum Gasteiger partial charge on any atom is -0.391 e. The van der Waals surface area contributed by atoms with Crippen LogP contribution in [0.1, 0.15) is 94.6 Å². The first-order valence-corrected chi connectivity index (χ1v) is 20.8. The third-order valence-electron chi connectivity index (χ3n) is 10.2. The van der Waals surface area contributed by atoms with Crippen molar-refractivity contribution in [3.05, 3.63) is 36.0 Å². The number of hydrogen-bond donors (Lipinski definition) is 9. The zero-order valence-electron chi connectivity index (χ0n) is 36.7. The average Bonchev–Trinajstić information content (AvgIpc) is 3.54. The van der Waals surface area contributed by atoms with Gasteiger partial charge in [-0.1, -0.05) is 87.4 Å². The fraction of sp³-hybridized carbons (Fsp3) is 0.674. The number of carbonyl (C=O) groups excluding carboxylic acids is 6. The van der Waals surface area contributed by atoms with Crippen molar-refractivity contribution in [3.8, 4) is 0 Å². The molecule has 2 aromatic rings. The maximum Gasteiger partial charge on any atom is 0.243 e. The minimum absolute atomic E-state index is 0.0462. The molecule has 5 amide bonds. The second-order valence-electron chi connectivity index (χ2n) is 17.4. The molecule has 0 saturated heterocycles. The van der Waals surface area contributed by atoms with Gasteiger partial charge in [-0.2, -0.15) is 0 Å². The lowest BCUT2D eigenvalue weighted by atomic mass is 9.97. The van der Waals surface area contributed by atoms with Crippen LogP contribution in [0.3, 0.4) is 0 Å². The molecule has 1 heterocycles. The summed E-state index contributed by atoms with van der Waals surface area (Å²) in [6, 6.07) is 2.06. The SMILES string of the molecule is CN[C@@H](Cc1c[nH]c2ccccc12)C(=O)N[C@H](CC(C)C)C(=O)N[C@H](C(=O)NC(C(=O)N[C@H](CN[C@H](C(=O)NC(C=O)C(C)C)C(C)O)CC(C)C)C(C)C)C(C)C. The maximum absolute atomic E-state index is 13.9. The van der Waals surface area contributed by atoms with Crippen LogP contribution in [0, 0.1) is 29.6 Å². The molecule has 0 aliphatic rings. The van der Waals surface area contributed by atoms with Crippen molar-refractivity contribution in [1.29, 1.82) is 0 Å². The molecule has 9 N–H and O–H groups in total. The van der Waals surface area contributed by atoms with Crippen molar-refractivity contribution >= 4 is 46.7 Å². The molecule has 2 rings (SSSR count). The molecular formula is C43H72N8O7. The van der Waals surface area contributed by atoms with Gasteiger partial charge in [0.1, 0.15) is 30.5 Å². The summed E-state index contributed by atoms with van der Waals surface area (Å²) in [7, 11) is 1.70. The number of aliphatic hydroxyl groups is 1. The first-order valence-electron chi connectivity index (χ1n) is 20.8. The monoisotopic (exact) mass is 813 g/mol. The first-order chi connectivity index (χ1) is 27.2. The van der Waals surface area contributed by atoms with E-state index < -0.39 is 72.0 Å². The predicted molar refractivity (Wildman–Crippen MR) is 227 cm³/mol. The number of aldehydes is 1. The maximum atomic E-state index is 13.9. The summed E-state index contributed by atoms with van der Waals surface area (Å²) in [4.78, 5) is 83.1. The highest BCUT2D eigenvalue weighted by Gasteiger charge is 2.35. The molecule has 1 aromatic heterocycles. The van der Waals surface area contributed by atoms with E-state index >= 15 is 0 Å². The van der Waals surface area contributed by atoms with E-state index in [0.29, 0.717) is 25.5 Å². The summed E-state index contributed by atoms with van der Waals surface area (Å²) in [5.74, 6) is -3.02. The van der Waals surface area contributed by atoms with E-state index in [4.69, 9.17) is 0 Å². The van der Waals surface area contributed by atoms with E-state index in [9.17, 15) is 33.9 Å². The first kappa shape index (κ1) is 49.8. The fourth-order valence-electron chi connectivity index (χ4n) is 6.81. The summed E-state index contributed by atoms with van der Waals surface area (Å²) in [6.07, 6.45) is 2.70.